The molecule has 0 saturated carbocycles. The first-order chi connectivity index (χ1) is 9.95. The summed E-state index contributed by atoms with van der Waals surface area (Å²) < 4.78 is 4.25. The van der Waals surface area contributed by atoms with E-state index in [0.29, 0.717) is 0 Å². The third-order valence-corrected chi connectivity index (χ3v) is 2.63. The van der Waals surface area contributed by atoms with E-state index in [1.165, 1.54) is 12.1 Å². The Morgan fingerprint density at radius 1 is 1.52 bits per heavy atom. The number of carbonyl (C=O) groups is 1. The van der Waals surface area contributed by atoms with Crippen LogP contribution >= 0.6 is 11.6 Å². The highest BCUT2D eigenvalue weighted by Gasteiger charge is 2.11. The summed E-state index contributed by atoms with van der Waals surface area (Å²) in [6.07, 6.45) is 0. The van der Waals surface area contributed by atoms with Gasteiger partial charge in [-0.2, -0.15) is 0 Å². The predicted octanol–water partition coefficient (Wildman–Crippen LogP) is 1.25. The maximum Gasteiger partial charge on any atom is 0.438 e. The molecule has 110 valence electrons. The molecule has 21 heavy (non-hydrogen) atoms. The number of urea groups is 1. The van der Waals surface area contributed by atoms with E-state index < -0.39 is 16.7 Å². The molecule has 1 heterocycles. The van der Waals surface area contributed by atoms with E-state index in [-0.39, 0.29) is 28.8 Å². The van der Waals surface area contributed by atoms with Gasteiger partial charge in [0.05, 0.1) is 22.2 Å². The smallest absolute Gasteiger partial charge is 0.331 e. The molecule has 0 aliphatic carbocycles. The molecule has 0 radical (unpaired) electrons. The third-order valence-electron chi connectivity index (χ3n) is 2.31. The zero-order valence-electron chi connectivity index (χ0n) is 10.3. The zero-order chi connectivity index (χ0) is 15.4. The van der Waals surface area contributed by atoms with Crippen molar-refractivity contribution in [1.82, 2.24) is 15.5 Å². The molecule has 10 nitrogen and oxygen atoms in total. The minimum absolute atomic E-state index is 0.0224. The molecule has 11 heteroatoms. The quantitative estimate of drug-likeness (QED) is 0.572. The van der Waals surface area contributed by atoms with Gasteiger partial charge in [0, 0.05) is 12.1 Å². The van der Waals surface area contributed by atoms with Gasteiger partial charge in [-0.05, 0) is 6.07 Å². The lowest BCUT2D eigenvalue weighted by atomic mass is 10.3. The molecule has 0 bridgehead atoms. The van der Waals surface area contributed by atoms with Gasteiger partial charge < -0.3 is 10.6 Å². The van der Waals surface area contributed by atoms with Gasteiger partial charge in [-0.3, -0.25) is 19.6 Å². The number of nitrogens with zero attached hydrogens (tertiary/aromatic N) is 2. The summed E-state index contributed by atoms with van der Waals surface area (Å²) in [6, 6.07) is 3.00. The average Bonchev–Trinajstić information content (AvgIpc) is 2.84. The predicted molar refractivity (Wildman–Crippen MR) is 71.1 cm³/mol. The summed E-state index contributed by atoms with van der Waals surface area (Å²) in [7, 11) is 0. The Morgan fingerprint density at radius 2 is 2.29 bits per heavy atom. The second kappa shape index (κ2) is 6.05. The molecule has 2 rings (SSSR count). The molecule has 0 unspecified atom stereocenters. The number of hydrogen-bond donors (Lipinski definition) is 3. The largest absolute Gasteiger partial charge is 0.438 e. The molecular weight excluding hydrogens is 306 g/mol. The number of aromatic amines is 1. The molecule has 0 spiro atoms. The van der Waals surface area contributed by atoms with Crippen LogP contribution in [-0.4, -0.2) is 21.1 Å². The number of amides is 2. The van der Waals surface area contributed by atoms with Gasteiger partial charge in [0.2, 0.25) is 0 Å². The molecule has 1 aromatic heterocycles. The first-order valence-electron chi connectivity index (χ1n) is 5.49. The average molecular weight is 314 g/mol. The number of nitrogens with one attached hydrogen (secondary N) is 3. The van der Waals surface area contributed by atoms with Gasteiger partial charge in [-0.25, -0.2) is 9.59 Å². The summed E-state index contributed by atoms with van der Waals surface area (Å²) >= 11 is 5.82. The number of nitro benzene ring substituents is 1. The lowest BCUT2D eigenvalue weighted by Gasteiger charge is -2.07. The highest BCUT2D eigenvalue weighted by molar-refractivity contribution is 6.33. The summed E-state index contributed by atoms with van der Waals surface area (Å²) in [5.74, 6) is -0.587. The van der Waals surface area contributed by atoms with Gasteiger partial charge in [0.1, 0.15) is 0 Å². The first-order valence-corrected chi connectivity index (χ1v) is 5.87. The van der Waals surface area contributed by atoms with Crippen molar-refractivity contribution in [3.05, 3.63) is 49.7 Å². The molecule has 0 atom stereocenters. The number of anilines is 1. The Morgan fingerprint density at radius 3 is 2.86 bits per heavy atom. The lowest BCUT2D eigenvalue weighted by Crippen LogP contribution is -2.28. The second-order valence-corrected chi connectivity index (χ2v) is 4.18. The lowest BCUT2D eigenvalue weighted by molar-refractivity contribution is -0.384. The molecule has 0 fully saturated rings. The van der Waals surface area contributed by atoms with Crippen molar-refractivity contribution in [3.8, 4) is 0 Å². The monoisotopic (exact) mass is 313 g/mol. The fourth-order valence-electron chi connectivity index (χ4n) is 1.39. The van der Waals surface area contributed by atoms with Crippen LogP contribution in [0.4, 0.5) is 16.2 Å². The van der Waals surface area contributed by atoms with Crippen LogP contribution in [0.1, 0.15) is 5.82 Å². The third kappa shape index (κ3) is 3.79. The van der Waals surface area contributed by atoms with E-state index >= 15 is 0 Å². The van der Waals surface area contributed by atoms with Crippen molar-refractivity contribution in [2.45, 2.75) is 6.54 Å². The molecular formula is C10H8ClN5O5. The Labute approximate surface area is 121 Å². The summed E-state index contributed by atoms with van der Waals surface area (Å²) in [4.78, 5) is 34.5. The van der Waals surface area contributed by atoms with E-state index in [2.05, 4.69) is 25.3 Å². The maximum absolute atomic E-state index is 11.6. The van der Waals surface area contributed by atoms with E-state index in [0.717, 1.165) is 6.07 Å². The van der Waals surface area contributed by atoms with Crippen LogP contribution < -0.4 is 16.4 Å². The van der Waals surface area contributed by atoms with Crippen molar-refractivity contribution in [2.24, 2.45) is 0 Å². The van der Waals surface area contributed by atoms with E-state index in [1.54, 1.807) is 0 Å². The highest BCUT2D eigenvalue weighted by Crippen LogP contribution is 2.26. The normalized spacial score (nSPS) is 10.1. The Kier molecular flexibility index (Phi) is 4.18. The standard InChI is InChI=1S/C10H8ClN5O5/c11-6-3-5(16(19)20)1-2-7(6)13-9(17)12-4-8-14-10(18)21-15-8/h1-3H,4H2,(H2,12,13,17)(H,14,15,18). The van der Waals surface area contributed by atoms with Gasteiger partial charge in [-0.1, -0.05) is 16.8 Å². The number of H-pyrrole nitrogens is 1. The number of aromatic nitrogens is 2. The summed E-state index contributed by atoms with van der Waals surface area (Å²) in [5.41, 5.74) is 0.0135. The number of halogens is 1. The van der Waals surface area contributed by atoms with Gasteiger partial charge in [0.25, 0.3) is 5.69 Å². The van der Waals surface area contributed by atoms with E-state index in [4.69, 9.17) is 11.6 Å². The summed E-state index contributed by atoms with van der Waals surface area (Å²) in [5, 5.41) is 18.7. The van der Waals surface area contributed by atoms with Crippen molar-refractivity contribution in [1.29, 1.82) is 0 Å². The number of carbonyl (C=O) groups excluding carboxylic acids is 1. The number of non-ortho nitro benzene ring substituents is 1. The topological polar surface area (TPSA) is 143 Å². The van der Waals surface area contributed by atoms with Crippen molar-refractivity contribution in [2.75, 3.05) is 5.32 Å². The van der Waals surface area contributed by atoms with Crippen LogP contribution in [0.25, 0.3) is 0 Å². The fraction of sp³-hybridized carbons (Fsp3) is 0.100. The van der Waals surface area contributed by atoms with E-state index in [9.17, 15) is 19.7 Å². The minimum atomic E-state index is -0.731. The van der Waals surface area contributed by atoms with Gasteiger partial charge in [0.15, 0.2) is 5.82 Å². The molecule has 3 N–H and O–H groups in total. The van der Waals surface area contributed by atoms with Crippen molar-refractivity contribution < 1.29 is 14.2 Å². The highest BCUT2D eigenvalue weighted by atomic mass is 35.5. The number of hydrogen-bond acceptors (Lipinski definition) is 6. The Bertz CT molecular complexity index is 739. The second-order valence-electron chi connectivity index (χ2n) is 3.77. The summed E-state index contributed by atoms with van der Waals surface area (Å²) in [6.45, 7) is -0.0673. The van der Waals surface area contributed by atoms with Crippen LogP contribution in [0, 0.1) is 10.1 Å². The Balaban J connectivity index is 1.96. The van der Waals surface area contributed by atoms with Crippen LogP contribution in [0.15, 0.2) is 27.5 Å². The molecule has 0 aliphatic heterocycles. The van der Waals surface area contributed by atoms with E-state index in [1.807, 2.05) is 0 Å². The molecule has 1 aromatic carbocycles. The van der Waals surface area contributed by atoms with Crippen LogP contribution in [0.2, 0.25) is 5.02 Å². The molecule has 2 amide bonds. The van der Waals surface area contributed by atoms with Crippen LogP contribution in [0.3, 0.4) is 0 Å². The number of nitro groups is 1. The number of rotatable bonds is 4. The molecule has 2 aromatic rings. The minimum Gasteiger partial charge on any atom is -0.331 e. The first kappa shape index (κ1) is 14.5. The molecule has 0 aliphatic rings. The number of benzene rings is 1. The van der Waals surface area contributed by atoms with Gasteiger partial charge >= 0.3 is 11.8 Å². The van der Waals surface area contributed by atoms with Crippen molar-refractivity contribution >= 4 is 29.0 Å². The fourth-order valence-corrected chi connectivity index (χ4v) is 1.61. The Hall–Kier alpha value is -2.88. The SMILES string of the molecule is O=C(NCc1noc(=O)[nH]1)Nc1ccc([N+](=O)[O-])cc1Cl. The zero-order valence-corrected chi connectivity index (χ0v) is 11.0. The van der Waals surface area contributed by atoms with Crippen molar-refractivity contribution in [3.63, 3.8) is 0 Å². The maximum atomic E-state index is 11.6. The molecule has 0 saturated heterocycles. The van der Waals surface area contributed by atoms with Crippen LogP contribution in [-0.2, 0) is 6.54 Å². The van der Waals surface area contributed by atoms with Gasteiger partial charge in [-0.15, -0.1) is 0 Å². The van der Waals surface area contributed by atoms with Crippen LogP contribution in [0.5, 0.6) is 0 Å².